The highest BCUT2D eigenvalue weighted by Gasteiger charge is 2.61. The first-order chi connectivity index (χ1) is 5.84. The van der Waals surface area contributed by atoms with Crippen LogP contribution in [0.5, 0.6) is 0 Å². The van der Waals surface area contributed by atoms with Gasteiger partial charge >= 0.3 is 6.18 Å². The molecular formula is C8H11F3O2. The summed E-state index contributed by atoms with van der Waals surface area (Å²) in [6, 6.07) is 0. The Morgan fingerprint density at radius 2 is 2.08 bits per heavy atom. The Labute approximate surface area is 73.7 Å². The Hall–Kier alpha value is -0.710. The monoisotopic (exact) mass is 196 g/mol. The highest BCUT2D eigenvalue weighted by atomic mass is 19.4. The molecule has 0 saturated heterocycles. The molecule has 1 saturated carbocycles. The van der Waals surface area contributed by atoms with E-state index in [-0.39, 0.29) is 18.4 Å². The Morgan fingerprint density at radius 1 is 1.54 bits per heavy atom. The van der Waals surface area contributed by atoms with Crippen molar-refractivity contribution in [1.29, 1.82) is 0 Å². The van der Waals surface area contributed by atoms with Gasteiger partial charge in [-0.25, -0.2) is 0 Å². The summed E-state index contributed by atoms with van der Waals surface area (Å²) in [5.74, 6) is -0.897. The van der Waals surface area contributed by atoms with E-state index < -0.39 is 17.7 Å². The maximum absolute atomic E-state index is 12.4. The molecule has 0 bridgehead atoms. The summed E-state index contributed by atoms with van der Waals surface area (Å²) < 4.78 is 37.3. The van der Waals surface area contributed by atoms with Crippen molar-refractivity contribution < 1.29 is 23.4 Å². The highest BCUT2D eigenvalue weighted by molar-refractivity contribution is 5.24. The summed E-state index contributed by atoms with van der Waals surface area (Å²) in [6.07, 6.45) is -4.01. The van der Waals surface area contributed by atoms with Crippen LogP contribution in [0, 0.1) is 5.92 Å². The lowest BCUT2D eigenvalue weighted by Gasteiger charge is -2.31. The molecule has 5 heteroatoms. The van der Waals surface area contributed by atoms with Crippen molar-refractivity contribution in [3.63, 3.8) is 0 Å². The summed E-state index contributed by atoms with van der Waals surface area (Å²) >= 11 is 0. The van der Waals surface area contributed by atoms with E-state index in [1.54, 1.807) is 0 Å². The minimum atomic E-state index is -4.71. The molecule has 0 radical (unpaired) electrons. The molecule has 1 aliphatic carbocycles. The molecule has 1 fully saturated rings. The van der Waals surface area contributed by atoms with Gasteiger partial charge in [0.25, 0.3) is 0 Å². The summed E-state index contributed by atoms with van der Waals surface area (Å²) in [5.41, 5.74) is -3.17. The lowest BCUT2D eigenvalue weighted by molar-refractivity contribution is -0.255. The molecule has 0 aromatic heterocycles. The van der Waals surface area contributed by atoms with Crippen LogP contribution in [0.15, 0.2) is 11.8 Å². The number of alkyl halides is 3. The molecular weight excluding hydrogens is 185 g/mol. The van der Waals surface area contributed by atoms with E-state index in [1.165, 1.54) is 6.92 Å². The molecule has 13 heavy (non-hydrogen) atoms. The van der Waals surface area contributed by atoms with Crippen molar-refractivity contribution in [2.75, 3.05) is 0 Å². The van der Waals surface area contributed by atoms with E-state index in [4.69, 9.17) is 5.11 Å². The fourth-order valence-corrected chi connectivity index (χ4v) is 1.71. The molecule has 0 aromatic rings. The molecule has 0 unspecified atom stereocenters. The molecule has 0 aromatic carbocycles. The second kappa shape index (κ2) is 2.90. The third-order valence-electron chi connectivity index (χ3n) is 2.64. The zero-order chi connectivity index (χ0) is 10.3. The summed E-state index contributed by atoms with van der Waals surface area (Å²) in [4.78, 5) is 0. The number of aliphatic hydroxyl groups excluding tert-OH is 1. The normalized spacial score (nSPS) is 38.5. The molecule has 1 rings (SSSR count). The van der Waals surface area contributed by atoms with Crippen molar-refractivity contribution in [1.82, 2.24) is 0 Å². The number of rotatable bonds is 0. The van der Waals surface area contributed by atoms with Gasteiger partial charge in [0, 0.05) is 5.57 Å². The van der Waals surface area contributed by atoms with Crippen molar-refractivity contribution in [3.8, 4) is 0 Å². The lowest BCUT2D eigenvalue weighted by atomic mass is 9.89. The van der Waals surface area contributed by atoms with Crippen molar-refractivity contribution >= 4 is 0 Å². The van der Waals surface area contributed by atoms with Gasteiger partial charge < -0.3 is 10.2 Å². The molecule has 0 heterocycles. The topological polar surface area (TPSA) is 40.5 Å². The number of aliphatic hydroxyl groups is 2. The second-order valence-corrected chi connectivity index (χ2v) is 3.36. The van der Waals surface area contributed by atoms with Gasteiger partial charge in [-0.1, -0.05) is 6.92 Å². The second-order valence-electron chi connectivity index (χ2n) is 3.36. The molecule has 0 aliphatic heterocycles. The first-order valence-corrected chi connectivity index (χ1v) is 3.97. The zero-order valence-electron chi connectivity index (χ0n) is 7.10. The van der Waals surface area contributed by atoms with Gasteiger partial charge in [0.1, 0.15) is 0 Å². The number of hydrogen-bond acceptors (Lipinski definition) is 2. The van der Waals surface area contributed by atoms with Gasteiger partial charge in [-0.3, -0.25) is 0 Å². The third-order valence-corrected chi connectivity index (χ3v) is 2.64. The van der Waals surface area contributed by atoms with Gasteiger partial charge in [-0.15, -0.1) is 0 Å². The molecule has 2 N–H and O–H groups in total. The van der Waals surface area contributed by atoms with Gasteiger partial charge in [-0.2, -0.15) is 13.2 Å². The Kier molecular flexibility index (Phi) is 2.32. The predicted octanol–water partition coefficient (Wildman–Crippen LogP) is 2.15. The van der Waals surface area contributed by atoms with E-state index in [1.807, 2.05) is 0 Å². The highest BCUT2D eigenvalue weighted by Crippen LogP contribution is 2.49. The Balaban J connectivity index is 3.11. The Bertz CT molecular complexity index is 234. The third kappa shape index (κ3) is 1.31. The predicted molar refractivity (Wildman–Crippen MR) is 40.1 cm³/mol. The van der Waals surface area contributed by atoms with E-state index in [0.717, 1.165) is 0 Å². The number of hydrogen-bond donors (Lipinski definition) is 2. The van der Waals surface area contributed by atoms with Gasteiger partial charge in [0.05, 0.1) is 6.26 Å². The quantitative estimate of drug-likeness (QED) is 0.583. The smallest absolute Gasteiger partial charge is 0.421 e. The molecule has 76 valence electrons. The van der Waals surface area contributed by atoms with Crippen molar-refractivity contribution in [3.05, 3.63) is 11.8 Å². The lowest BCUT2D eigenvalue weighted by Crippen LogP contribution is -2.48. The van der Waals surface area contributed by atoms with Crippen LogP contribution in [0.25, 0.3) is 0 Å². The fraction of sp³-hybridized carbons (Fsp3) is 0.750. The first-order valence-electron chi connectivity index (χ1n) is 3.97. The number of halogens is 3. The van der Waals surface area contributed by atoms with Gasteiger partial charge in [-0.05, 0) is 18.8 Å². The van der Waals surface area contributed by atoms with Gasteiger partial charge in [0.2, 0.25) is 0 Å². The van der Waals surface area contributed by atoms with Crippen LogP contribution in [0.4, 0.5) is 13.2 Å². The maximum atomic E-state index is 12.4. The molecule has 2 atom stereocenters. The van der Waals surface area contributed by atoms with E-state index in [0.29, 0.717) is 6.26 Å². The minimum absolute atomic E-state index is 0.0909. The van der Waals surface area contributed by atoms with Crippen LogP contribution < -0.4 is 0 Å². The van der Waals surface area contributed by atoms with Crippen LogP contribution in [-0.2, 0) is 0 Å². The molecule has 2 nitrogen and oxygen atoms in total. The van der Waals surface area contributed by atoms with Gasteiger partial charge in [0.15, 0.2) is 5.60 Å². The molecule has 0 amide bonds. The van der Waals surface area contributed by atoms with E-state index in [9.17, 15) is 18.3 Å². The minimum Gasteiger partial charge on any atom is -0.516 e. The molecule has 0 spiro atoms. The fourth-order valence-electron chi connectivity index (χ4n) is 1.71. The average molecular weight is 196 g/mol. The van der Waals surface area contributed by atoms with Crippen LogP contribution in [-0.4, -0.2) is 22.0 Å². The van der Waals surface area contributed by atoms with E-state index >= 15 is 0 Å². The van der Waals surface area contributed by atoms with Crippen molar-refractivity contribution in [2.24, 2.45) is 5.92 Å². The molecule has 1 aliphatic rings. The SMILES string of the molecule is C[C@@H]1CC/C(=C\O)[C@]1(O)C(F)(F)F. The summed E-state index contributed by atoms with van der Waals surface area (Å²) in [6.45, 7) is 1.32. The van der Waals surface area contributed by atoms with Crippen LogP contribution in [0.2, 0.25) is 0 Å². The standard InChI is InChI=1S/C8H11F3O2/c1-5-2-3-6(4-12)7(5,13)8(9,10)11/h4-5,12-13H,2-3H2,1H3/b6-4+/t5-,7+/m1/s1. The van der Waals surface area contributed by atoms with Crippen LogP contribution in [0.3, 0.4) is 0 Å². The largest absolute Gasteiger partial charge is 0.516 e. The summed E-state index contributed by atoms with van der Waals surface area (Å²) in [5, 5.41) is 18.0. The zero-order valence-corrected chi connectivity index (χ0v) is 7.10. The first kappa shape index (κ1) is 10.4. The summed E-state index contributed by atoms with van der Waals surface area (Å²) in [7, 11) is 0. The maximum Gasteiger partial charge on any atom is 0.421 e. The van der Waals surface area contributed by atoms with Crippen LogP contribution >= 0.6 is 0 Å². The average Bonchev–Trinajstić information content (AvgIpc) is 2.29. The Morgan fingerprint density at radius 3 is 2.38 bits per heavy atom. The van der Waals surface area contributed by atoms with E-state index in [2.05, 4.69) is 0 Å². The van der Waals surface area contributed by atoms with Crippen LogP contribution in [0.1, 0.15) is 19.8 Å². The van der Waals surface area contributed by atoms with Crippen molar-refractivity contribution in [2.45, 2.75) is 31.5 Å².